The van der Waals surface area contributed by atoms with E-state index in [-0.39, 0.29) is 10.8 Å². The second kappa shape index (κ2) is 12.3. The van der Waals surface area contributed by atoms with Gasteiger partial charge in [-0.15, -0.1) is 0 Å². The molecule has 0 atom stereocenters. The highest BCUT2D eigenvalue weighted by molar-refractivity contribution is 5.31. The molecule has 0 bridgehead atoms. The summed E-state index contributed by atoms with van der Waals surface area (Å²) in [4.78, 5) is 0. The van der Waals surface area contributed by atoms with E-state index in [0.717, 1.165) is 0 Å². The molecule has 0 spiro atoms. The van der Waals surface area contributed by atoms with Gasteiger partial charge in [-0.05, 0) is 34.3 Å². The van der Waals surface area contributed by atoms with Crippen LogP contribution in [0, 0.1) is 5.92 Å². The molecule has 2 aromatic carbocycles. The van der Waals surface area contributed by atoms with Gasteiger partial charge in [0.25, 0.3) is 0 Å². The van der Waals surface area contributed by atoms with E-state index >= 15 is 0 Å². The lowest BCUT2D eigenvalue weighted by molar-refractivity contribution is 0.181. The Bertz CT molecular complexity index is 629. The molecule has 0 fully saturated rings. The van der Waals surface area contributed by atoms with Crippen LogP contribution in [0.2, 0.25) is 0 Å². The molecule has 0 heteroatoms. The minimum absolute atomic E-state index is 0.140. The first-order valence-electron chi connectivity index (χ1n) is 12.5. The van der Waals surface area contributed by atoms with Crippen molar-refractivity contribution in [1.82, 2.24) is 0 Å². The third-order valence-electron chi connectivity index (χ3n) is 7.37. The van der Waals surface area contributed by atoms with Gasteiger partial charge in [0.2, 0.25) is 0 Å². The van der Waals surface area contributed by atoms with Gasteiger partial charge in [0.05, 0.1) is 0 Å². The maximum absolute atomic E-state index is 2.46. The molecule has 0 aromatic heterocycles. The molecule has 2 aromatic rings. The van der Waals surface area contributed by atoms with Gasteiger partial charge in [0.15, 0.2) is 0 Å². The summed E-state index contributed by atoms with van der Waals surface area (Å²) >= 11 is 0. The van der Waals surface area contributed by atoms with Gasteiger partial charge in [-0.1, -0.05) is 153 Å². The summed E-state index contributed by atoms with van der Waals surface area (Å²) in [7, 11) is 0. The number of unbranched alkanes of at least 4 members (excludes halogenated alkanes) is 8. The predicted molar refractivity (Wildman–Crippen MR) is 134 cm³/mol. The van der Waals surface area contributed by atoms with Crippen LogP contribution in [0.3, 0.4) is 0 Å². The molecule has 30 heavy (non-hydrogen) atoms. The zero-order chi connectivity index (χ0) is 21.9. The van der Waals surface area contributed by atoms with E-state index in [1.54, 1.807) is 0 Å². The standard InChI is InChI=1S/C30H46/c1-6-7-8-9-10-11-12-13-20-25-28(29(2,3)26-21-16-14-17-22-26)30(4,5)27-23-18-15-19-24-27/h14-19,21-24,28H,6-13,20,25H2,1-5H3. The summed E-state index contributed by atoms with van der Waals surface area (Å²) in [5.74, 6) is 0.597. The highest BCUT2D eigenvalue weighted by Crippen LogP contribution is 2.47. The fraction of sp³-hybridized carbons (Fsp3) is 0.600. The fourth-order valence-electron chi connectivity index (χ4n) is 5.42. The number of rotatable bonds is 14. The van der Waals surface area contributed by atoms with Gasteiger partial charge in [-0.3, -0.25) is 0 Å². The molecule has 0 amide bonds. The Morgan fingerprint density at radius 3 is 1.30 bits per heavy atom. The van der Waals surface area contributed by atoms with E-state index < -0.39 is 0 Å². The van der Waals surface area contributed by atoms with Crippen molar-refractivity contribution in [2.45, 2.75) is 110 Å². The smallest absolute Gasteiger partial charge is 0.00670 e. The fourth-order valence-corrected chi connectivity index (χ4v) is 5.42. The normalized spacial score (nSPS) is 12.5. The second-order valence-electron chi connectivity index (χ2n) is 10.3. The average molecular weight is 407 g/mol. The quantitative estimate of drug-likeness (QED) is 0.274. The molecule has 166 valence electrons. The van der Waals surface area contributed by atoms with Crippen molar-refractivity contribution >= 4 is 0 Å². The maximum Gasteiger partial charge on any atom is -0.00670 e. The lowest BCUT2D eigenvalue weighted by atomic mass is 9.58. The summed E-state index contributed by atoms with van der Waals surface area (Å²) in [5.41, 5.74) is 3.21. The van der Waals surface area contributed by atoms with Crippen molar-refractivity contribution in [3.8, 4) is 0 Å². The Morgan fingerprint density at radius 2 is 0.900 bits per heavy atom. The summed E-state index contributed by atoms with van der Waals surface area (Å²) in [6, 6.07) is 22.4. The van der Waals surface area contributed by atoms with Crippen LogP contribution in [0.15, 0.2) is 60.7 Å². The Morgan fingerprint density at radius 1 is 0.533 bits per heavy atom. The molecule has 0 unspecified atom stereocenters. The van der Waals surface area contributed by atoms with Gasteiger partial charge >= 0.3 is 0 Å². The second-order valence-corrected chi connectivity index (χ2v) is 10.3. The van der Waals surface area contributed by atoms with Gasteiger partial charge < -0.3 is 0 Å². The van der Waals surface area contributed by atoms with Gasteiger partial charge in [0, 0.05) is 0 Å². The Kier molecular flexibility index (Phi) is 10.2. The molecule has 2 rings (SSSR count). The van der Waals surface area contributed by atoms with E-state index in [1.165, 1.54) is 75.3 Å². The lowest BCUT2D eigenvalue weighted by Crippen LogP contribution is -2.42. The van der Waals surface area contributed by atoms with E-state index in [9.17, 15) is 0 Å². The number of hydrogen-bond acceptors (Lipinski definition) is 0. The van der Waals surface area contributed by atoms with Crippen LogP contribution in [0.25, 0.3) is 0 Å². The molecule has 0 aliphatic heterocycles. The minimum Gasteiger partial charge on any atom is -0.0654 e. The van der Waals surface area contributed by atoms with Crippen LogP contribution in [-0.4, -0.2) is 0 Å². The Labute approximate surface area is 187 Å². The summed E-state index contributed by atoms with van der Waals surface area (Å²) in [6.07, 6.45) is 13.9. The molecule has 0 N–H and O–H groups in total. The minimum atomic E-state index is 0.140. The van der Waals surface area contributed by atoms with Crippen LogP contribution in [0.1, 0.15) is 110 Å². The Hall–Kier alpha value is -1.56. The molecule has 0 aliphatic carbocycles. The van der Waals surface area contributed by atoms with Crippen molar-refractivity contribution in [2.24, 2.45) is 5.92 Å². The van der Waals surface area contributed by atoms with Gasteiger partial charge in [-0.2, -0.15) is 0 Å². The highest BCUT2D eigenvalue weighted by atomic mass is 14.5. The first-order chi connectivity index (χ1) is 14.4. The van der Waals surface area contributed by atoms with Gasteiger partial charge in [-0.25, -0.2) is 0 Å². The van der Waals surface area contributed by atoms with Crippen LogP contribution in [0.5, 0.6) is 0 Å². The maximum atomic E-state index is 2.46. The third kappa shape index (κ3) is 7.00. The van der Waals surface area contributed by atoms with Crippen LogP contribution < -0.4 is 0 Å². The van der Waals surface area contributed by atoms with Crippen molar-refractivity contribution < 1.29 is 0 Å². The van der Waals surface area contributed by atoms with Crippen molar-refractivity contribution in [1.29, 1.82) is 0 Å². The average Bonchev–Trinajstić information content (AvgIpc) is 2.76. The summed E-state index contributed by atoms with van der Waals surface area (Å²) in [6.45, 7) is 12.2. The first-order valence-corrected chi connectivity index (χ1v) is 12.5. The molecule has 0 nitrogen and oxygen atoms in total. The van der Waals surface area contributed by atoms with Crippen molar-refractivity contribution in [3.63, 3.8) is 0 Å². The molecular weight excluding hydrogens is 360 g/mol. The van der Waals surface area contributed by atoms with Crippen LogP contribution in [-0.2, 0) is 10.8 Å². The Balaban J connectivity index is 2.04. The number of benzene rings is 2. The van der Waals surface area contributed by atoms with Gasteiger partial charge in [0.1, 0.15) is 0 Å². The SMILES string of the molecule is CCCCCCCCCCCC(C(C)(C)c1ccccc1)C(C)(C)c1ccccc1. The van der Waals surface area contributed by atoms with Crippen LogP contribution >= 0.6 is 0 Å². The first kappa shape index (κ1) is 24.7. The van der Waals surface area contributed by atoms with Crippen molar-refractivity contribution in [2.75, 3.05) is 0 Å². The molecular formula is C30H46. The molecule has 0 heterocycles. The topological polar surface area (TPSA) is 0 Å². The largest absolute Gasteiger partial charge is 0.0654 e. The predicted octanol–water partition coefficient (Wildman–Crippen LogP) is 9.48. The van der Waals surface area contributed by atoms with Crippen molar-refractivity contribution in [3.05, 3.63) is 71.8 Å². The van der Waals surface area contributed by atoms with E-state index in [1.807, 2.05) is 0 Å². The lowest BCUT2D eigenvalue weighted by Gasteiger charge is -2.46. The molecule has 0 saturated heterocycles. The summed E-state index contributed by atoms with van der Waals surface area (Å²) < 4.78 is 0. The van der Waals surface area contributed by atoms with E-state index in [0.29, 0.717) is 5.92 Å². The molecule has 0 saturated carbocycles. The van der Waals surface area contributed by atoms with Crippen LogP contribution in [0.4, 0.5) is 0 Å². The van der Waals surface area contributed by atoms with E-state index in [4.69, 9.17) is 0 Å². The zero-order valence-electron chi connectivity index (χ0n) is 20.4. The zero-order valence-corrected chi connectivity index (χ0v) is 20.4. The summed E-state index contributed by atoms with van der Waals surface area (Å²) in [5, 5.41) is 0. The van der Waals surface area contributed by atoms with E-state index in [2.05, 4.69) is 95.3 Å². The highest BCUT2D eigenvalue weighted by Gasteiger charge is 2.41. The monoisotopic (exact) mass is 406 g/mol. The third-order valence-corrected chi connectivity index (χ3v) is 7.37. The molecule has 0 radical (unpaired) electrons. The molecule has 0 aliphatic rings. The number of hydrogen-bond donors (Lipinski definition) is 0.